The van der Waals surface area contributed by atoms with E-state index in [2.05, 4.69) is 33.0 Å². The van der Waals surface area contributed by atoms with Crippen molar-refractivity contribution in [3.8, 4) is 11.3 Å². The molecule has 3 heterocycles. The van der Waals surface area contributed by atoms with Crippen molar-refractivity contribution >= 4 is 44.7 Å². The quantitative estimate of drug-likeness (QED) is 0.0516. The number of hydrogen-bond donors (Lipinski definition) is 3. The Labute approximate surface area is 380 Å². The van der Waals surface area contributed by atoms with Crippen LogP contribution in [0.5, 0.6) is 0 Å². The van der Waals surface area contributed by atoms with Gasteiger partial charge in [0.15, 0.2) is 5.65 Å². The lowest BCUT2D eigenvalue weighted by atomic mass is 10.2. The minimum absolute atomic E-state index is 0.140. The lowest BCUT2D eigenvalue weighted by molar-refractivity contribution is -0.0164. The van der Waals surface area contributed by atoms with Crippen molar-refractivity contribution in [3.05, 3.63) is 84.3 Å². The summed E-state index contributed by atoms with van der Waals surface area (Å²) in [5.41, 5.74) is 2.91. The van der Waals surface area contributed by atoms with Crippen molar-refractivity contribution in [2.75, 3.05) is 97.7 Å². The van der Waals surface area contributed by atoms with Gasteiger partial charge in [0.2, 0.25) is 5.95 Å². The molecule has 0 saturated carbocycles. The third-order valence-electron chi connectivity index (χ3n) is 9.16. The first kappa shape index (κ1) is 50.5. The van der Waals surface area contributed by atoms with Crippen molar-refractivity contribution in [1.29, 1.82) is 0 Å². The van der Waals surface area contributed by atoms with E-state index in [9.17, 15) is 18.0 Å². The van der Waals surface area contributed by atoms with E-state index in [4.69, 9.17) is 38.1 Å². The molecule has 0 bridgehead atoms. The van der Waals surface area contributed by atoms with Crippen LogP contribution in [0.3, 0.4) is 0 Å². The smallest absolute Gasteiger partial charge is 0.407 e. The summed E-state index contributed by atoms with van der Waals surface area (Å²) >= 11 is 0. The fourth-order valence-electron chi connectivity index (χ4n) is 6.04. The Balaban J connectivity index is 0.942. The second-order valence-corrected chi connectivity index (χ2v) is 17.4. The van der Waals surface area contributed by atoms with Crippen molar-refractivity contribution < 1.29 is 51.2 Å². The summed E-state index contributed by atoms with van der Waals surface area (Å²) in [4.78, 5) is 34.0. The summed E-state index contributed by atoms with van der Waals surface area (Å²) in [7, 11) is -3.98. The van der Waals surface area contributed by atoms with Crippen molar-refractivity contribution in [1.82, 2.24) is 34.4 Å². The fourth-order valence-corrected chi connectivity index (χ4v) is 7.33. The predicted octanol–water partition coefficient (Wildman–Crippen LogP) is 5.35. The minimum atomic E-state index is -3.98. The van der Waals surface area contributed by atoms with Crippen LogP contribution < -0.4 is 16.0 Å². The molecule has 0 unspecified atom stereocenters. The highest BCUT2D eigenvalue weighted by atomic mass is 32.2. The number of alkyl carbamates (subject to hydrolysis) is 1. The molecule has 0 saturated heterocycles. The Hall–Kier alpha value is -5.48. The van der Waals surface area contributed by atoms with Gasteiger partial charge in [-0.15, -0.1) is 0 Å². The van der Waals surface area contributed by atoms with Gasteiger partial charge in [0.1, 0.15) is 5.60 Å². The molecule has 354 valence electrons. The Morgan fingerprint density at radius 2 is 1.26 bits per heavy atom. The molecule has 5 rings (SSSR count). The van der Waals surface area contributed by atoms with Gasteiger partial charge < -0.3 is 49.1 Å². The van der Waals surface area contributed by atoms with Gasteiger partial charge in [0.05, 0.1) is 96.1 Å². The molecule has 0 spiro atoms. The molecule has 20 heteroatoms. The number of amides is 2. The van der Waals surface area contributed by atoms with E-state index in [1.165, 1.54) is 10.2 Å². The molecular weight excluding hydrogens is 861 g/mol. The highest BCUT2D eigenvalue weighted by Gasteiger charge is 2.23. The van der Waals surface area contributed by atoms with E-state index in [-0.39, 0.29) is 22.4 Å². The molecule has 0 aliphatic carbocycles. The molecule has 0 fully saturated rings. The second kappa shape index (κ2) is 25.9. The van der Waals surface area contributed by atoms with Gasteiger partial charge >= 0.3 is 6.09 Å². The van der Waals surface area contributed by atoms with Crippen LogP contribution in [0, 0.1) is 6.92 Å². The molecule has 0 atom stereocenters. The SMILES string of the molecule is CCCn1cc(-c2nc(Nc3ccc(C(=O)NCCOCCOCCOCCOCCOCCOCCNC(=O)OC(C)(C)C)cc3)nc3c2ccn3S(=O)(=O)c2ccc(C)cc2)cn1. The fraction of sp³-hybridized carbons (Fsp3) is 0.489. The third-order valence-corrected chi connectivity index (χ3v) is 10.8. The maximum Gasteiger partial charge on any atom is 0.407 e. The van der Waals surface area contributed by atoms with E-state index >= 15 is 0 Å². The highest BCUT2D eigenvalue weighted by molar-refractivity contribution is 7.90. The number of anilines is 2. The first-order valence-electron chi connectivity index (χ1n) is 21.7. The lowest BCUT2D eigenvalue weighted by Crippen LogP contribution is -2.34. The van der Waals surface area contributed by atoms with Crippen LogP contribution in [0.1, 0.15) is 50.0 Å². The zero-order valence-electron chi connectivity index (χ0n) is 37.9. The van der Waals surface area contributed by atoms with Crippen molar-refractivity contribution in [2.24, 2.45) is 0 Å². The molecule has 19 nitrogen and oxygen atoms in total. The van der Waals surface area contributed by atoms with E-state index in [1.54, 1.807) is 81.6 Å². The number of fused-ring (bicyclic) bond motifs is 1. The number of aromatic nitrogens is 5. The van der Waals surface area contributed by atoms with Crippen LogP contribution in [0.2, 0.25) is 0 Å². The van der Waals surface area contributed by atoms with Crippen LogP contribution >= 0.6 is 0 Å². The van der Waals surface area contributed by atoms with E-state index < -0.39 is 21.7 Å². The zero-order chi connectivity index (χ0) is 46.5. The summed E-state index contributed by atoms with van der Waals surface area (Å²) in [5.74, 6) is -0.0888. The van der Waals surface area contributed by atoms with Gasteiger partial charge in [0.25, 0.3) is 15.9 Å². The first-order chi connectivity index (χ1) is 31.3. The highest BCUT2D eigenvalue weighted by Crippen LogP contribution is 2.31. The minimum Gasteiger partial charge on any atom is -0.444 e. The summed E-state index contributed by atoms with van der Waals surface area (Å²) < 4.78 is 68.7. The van der Waals surface area contributed by atoms with Crippen molar-refractivity contribution in [3.63, 3.8) is 0 Å². The summed E-state index contributed by atoms with van der Waals surface area (Å²) in [6, 6.07) is 15.2. The molecule has 2 amide bonds. The molecule has 65 heavy (non-hydrogen) atoms. The molecule has 3 aromatic heterocycles. The molecular formula is C45H62N8O11S. The Morgan fingerprint density at radius 1 is 0.708 bits per heavy atom. The van der Waals surface area contributed by atoms with Crippen LogP contribution in [0.4, 0.5) is 16.4 Å². The number of aryl methyl sites for hydroxylation is 2. The van der Waals surface area contributed by atoms with E-state index in [0.717, 1.165) is 24.1 Å². The average Bonchev–Trinajstić information content (AvgIpc) is 3.93. The van der Waals surface area contributed by atoms with E-state index in [0.29, 0.717) is 115 Å². The van der Waals surface area contributed by atoms with Gasteiger partial charge in [-0.05, 0) is 76.6 Å². The van der Waals surface area contributed by atoms with Gasteiger partial charge in [-0.1, -0.05) is 24.6 Å². The lowest BCUT2D eigenvalue weighted by Gasteiger charge is -2.19. The number of carbonyl (C=O) groups excluding carboxylic acids is 2. The predicted molar refractivity (Wildman–Crippen MR) is 244 cm³/mol. The summed E-state index contributed by atoms with van der Waals surface area (Å²) in [5, 5.41) is 13.7. The average molecular weight is 923 g/mol. The molecule has 5 aromatic rings. The second-order valence-electron chi connectivity index (χ2n) is 15.6. The standard InChI is InChI=1S/C45H62N8O11S/c1-6-18-52-33-36(32-48-52)40-39-15-19-53(65(56,57)38-13-7-34(2)8-14-38)41(39)51-43(50-40)49-37-11-9-35(10-12-37)42(54)46-16-20-58-22-24-60-26-28-62-30-31-63-29-27-61-25-23-59-21-17-47-44(55)64-45(3,4)5/h7-15,19,32-33H,6,16-18,20-31H2,1-5H3,(H,46,54)(H,47,55)(H,49,50,51). The number of benzene rings is 2. The number of ether oxygens (including phenoxy) is 7. The number of rotatable bonds is 29. The van der Waals surface area contributed by atoms with Crippen LogP contribution in [-0.2, 0) is 49.7 Å². The van der Waals surface area contributed by atoms with Gasteiger partial charge in [-0.25, -0.2) is 22.2 Å². The topological polar surface area (TPSA) is 218 Å². The molecule has 0 aliphatic rings. The first-order valence-corrected chi connectivity index (χ1v) is 23.1. The summed E-state index contributed by atoms with van der Waals surface area (Å²) in [6.45, 7) is 15.6. The maximum absolute atomic E-state index is 13.8. The molecule has 0 aliphatic heterocycles. The number of nitrogens with zero attached hydrogens (tertiary/aromatic N) is 5. The molecule has 0 radical (unpaired) electrons. The van der Waals surface area contributed by atoms with Crippen LogP contribution in [0.25, 0.3) is 22.3 Å². The Kier molecular flexibility index (Phi) is 20.1. The zero-order valence-corrected chi connectivity index (χ0v) is 38.7. The largest absolute Gasteiger partial charge is 0.444 e. The van der Waals surface area contributed by atoms with E-state index in [1.807, 2.05) is 17.8 Å². The van der Waals surface area contributed by atoms with Crippen molar-refractivity contribution in [2.45, 2.75) is 58.1 Å². The van der Waals surface area contributed by atoms with Gasteiger partial charge in [0, 0.05) is 54.2 Å². The van der Waals surface area contributed by atoms with Crippen LogP contribution in [0.15, 0.2) is 78.1 Å². The number of hydrogen-bond acceptors (Lipinski definition) is 15. The van der Waals surface area contributed by atoms with Gasteiger partial charge in [-0.3, -0.25) is 9.48 Å². The summed E-state index contributed by atoms with van der Waals surface area (Å²) in [6.07, 6.45) is 5.50. The number of nitrogens with one attached hydrogen (secondary N) is 3. The molecule has 2 aromatic carbocycles. The Bertz CT molecular complexity index is 2330. The van der Waals surface area contributed by atoms with Crippen LogP contribution in [-0.4, -0.2) is 142 Å². The monoisotopic (exact) mass is 922 g/mol. The molecule has 3 N–H and O–H groups in total. The van der Waals surface area contributed by atoms with Gasteiger partial charge in [-0.2, -0.15) is 10.1 Å². The maximum atomic E-state index is 13.8. The number of carbonyl (C=O) groups is 2. The Morgan fingerprint density at radius 3 is 1.82 bits per heavy atom. The third kappa shape index (κ3) is 16.8. The normalized spacial score (nSPS) is 11.8.